The summed E-state index contributed by atoms with van der Waals surface area (Å²) in [7, 11) is 0. The summed E-state index contributed by atoms with van der Waals surface area (Å²) in [4.78, 5) is 20.6. The van der Waals surface area contributed by atoms with E-state index in [1.165, 1.54) is 10.9 Å². The van der Waals surface area contributed by atoms with E-state index in [9.17, 15) is 9.90 Å². The molecular formula is C15H17N4O2S-. The number of aromatic amines is 1. The minimum Gasteiger partial charge on any atom is -0.858 e. The van der Waals surface area contributed by atoms with Gasteiger partial charge in [-0.2, -0.15) is 11.8 Å². The molecule has 7 heteroatoms. The molecule has 1 aliphatic heterocycles. The first-order chi connectivity index (χ1) is 10.3. The Hall–Kier alpha value is -2.02. The predicted molar refractivity (Wildman–Crippen MR) is 85.5 cm³/mol. The Labute approximate surface area is 132 Å². The van der Waals surface area contributed by atoms with Gasteiger partial charge >= 0.3 is 0 Å². The van der Waals surface area contributed by atoms with Gasteiger partial charge in [-0.25, -0.2) is 9.67 Å². The van der Waals surface area contributed by atoms with Crippen LogP contribution in [0.5, 0.6) is 0 Å². The summed E-state index contributed by atoms with van der Waals surface area (Å²) >= 11 is 1.72. The van der Waals surface area contributed by atoms with Crippen molar-refractivity contribution in [2.75, 3.05) is 0 Å². The lowest BCUT2D eigenvalue weighted by Gasteiger charge is -2.19. The molecule has 1 aliphatic rings. The molecule has 2 aromatic rings. The van der Waals surface area contributed by atoms with Crippen molar-refractivity contribution in [2.45, 2.75) is 37.8 Å². The fourth-order valence-electron chi connectivity index (χ4n) is 2.22. The van der Waals surface area contributed by atoms with Crippen molar-refractivity contribution in [3.63, 3.8) is 0 Å². The van der Waals surface area contributed by atoms with Crippen LogP contribution in [-0.2, 0) is 11.5 Å². The van der Waals surface area contributed by atoms with Crippen LogP contribution in [0.15, 0.2) is 28.1 Å². The first-order valence-corrected chi connectivity index (χ1v) is 8.15. The van der Waals surface area contributed by atoms with Crippen LogP contribution in [0.2, 0.25) is 0 Å². The molecule has 6 nitrogen and oxygen atoms in total. The second-order valence-electron chi connectivity index (χ2n) is 6.20. The van der Waals surface area contributed by atoms with Gasteiger partial charge in [0.1, 0.15) is 0 Å². The maximum atomic E-state index is 12.3. The Kier molecular flexibility index (Phi) is 3.60. The van der Waals surface area contributed by atoms with Crippen molar-refractivity contribution < 1.29 is 5.11 Å². The van der Waals surface area contributed by atoms with E-state index in [0.717, 1.165) is 22.8 Å². The molecule has 0 atom stereocenters. The van der Waals surface area contributed by atoms with E-state index < -0.39 is 5.54 Å². The second-order valence-corrected chi connectivity index (χ2v) is 7.18. The van der Waals surface area contributed by atoms with Crippen LogP contribution < -0.4 is 10.7 Å². The number of thioether (sulfide) groups is 1. The molecule has 3 heterocycles. The summed E-state index contributed by atoms with van der Waals surface area (Å²) in [6.07, 6.45) is 1.46. The Balaban J connectivity index is 1.93. The fraction of sp³-hybridized carbons (Fsp3) is 0.400. The van der Waals surface area contributed by atoms with Crippen LogP contribution in [0, 0.1) is 0 Å². The third-order valence-electron chi connectivity index (χ3n) is 3.23. The normalized spacial score (nSPS) is 15.1. The van der Waals surface area contributed by atoms with Crippen LogP contribution in [0.1, 0.15) is 37.6 Å². The van der Waals surface area contributed by atoms with Gasteiger partial charge < -0.3 is 5.11 Å². The van der Waals surface area contributed by atoms with Gasteiger partial charge in [-0.1, -0.05) is 0 Å². The lowest BCUT2D eigenvalue weighted by molar-refractivity contribution is -0.213. The van der Waals surface area contributed by atoms with Crippen LogP contribution in [0.3, 0.4) is 0 Å². The molecule has 0 radical (unpaired) electrons. The van der Waals surface area contributed by atoms with Gasteiger partial charge in [0.2, 0.25) is 0 Å². The Morgan fingerprint density at radius 3 is 2.77 bits per heavy atom. The van der Waals surface area contributed by atoms with E-state index in [1.807, 2.05) is 20.8 Å². The molecule has 0 unspecified atom stereocenters. The first-order valence-electron chi connectivity index (χ1n) is 6.99. The Morgan fingerprint density at radius 2 is 2.18 bits per heavy atom. The van der Waals surface area contributed by atoms with E-state index in [0.29, 0.717) is 11.4 Å². The smallest absolute Gasteiger partial charge is 0.276 e. The van der Waals surface area contributed by atoms with E-state index in [1.54, 1.807) is 23.9 Å². The van der Waals surface area contributed by atoms with Gasteiger partial charge in [-0.15, -0.1) is 0 Å². The summed E-state index contributed by atoms with van der Waals surface area (Å²) in [5.41, 5.74) is 1.70. The molecule has 0 aromatic carbocycles. The number of aliphatic imine (C=N–C) groups is 1. The number of nitrogens with zero attached hydrogens (tertiary/aromatic N) is 3. The zero-order chi connectivity index (χ0) is 15.9. The molecular weight excluding hydrogens is 300 g/mol. The molecule has 0 amide bonds. The highest BCUT2D eigenvalue weighted by Gasteiger charge is 2.20. The average molecular weight is 317 g/mol. The number of H-pyrrole nitrogens is 1. The van der Waals surface area contributed by atoms with Gasteiger partial charge in [-0.3, -0.25) is 14.9 Å². The summed E-state index contributed by atoms with van der Waals surface area (Å²) in [6.45, 7) is 5.60. The summed E-state index contributed by atoms with van der Waals surface area (Å²) in [6, 6.07) is 3.30. The summed E-state index contributed by atoms with van der Waals surface area (Å²) in [5, 5.41) is 15.1. The molecule has 116 valence electrons. The van der Waals surface area contributed by atoms with Crippen LogP contribution in [0.4, 0.5) is 0 Å². The number of fused-ring (bicyclic) bond motifs is 1. The number of hydrogen-bond acceptors (Lipinski definition) is 5. The van der Waals surface area contributed by atoms with Crippen LogP contribution >= 0.6 is 11.8 Å². The van der Waals surface area contributed by atoms with E-state index in [4.69, 9.17) is 0 Å². The van der Waals surface area contributed by atoms with Gasteiger partial charge in [0.05, 0.1) is 16.8 Å². The highest BCUT2D eigenvalue weighted by Crippen LogP contribution is 2.26. The molecule has 3 rings (SSSR count). The second kappa shape index (κ2) is 5.31. The molecule has 0 bridgehead atoms. The first kappa shape index (κ1) is 14.9. The minimum absolute atomic E-state index is 0.0639. The topological polar surface area (TPSA) is 86.1 Å². The number of rotatable bonds is 2. The predicted octanol–water partition coefficient (Wildman–Crippen LogP) is 1.21. The van der Waals surface area contributed by atoms with Crippen molar-refractivity contribution in [3.8, 4) is 5.82 Å². The van der Waals surface area contributed by atoms with Gasteiger partial charge in [-0.05, 0) is 38.8 Å². The largest absolute Gasteiger partial charge is 0.858 e. The molecule has 0 fully saturated rings. The van der Waals surface area contributed by atoms with Crippen molar-refractivity contribution in [3.05, 3.63) is 45.5 Å². The molecule has 0 spiro atoms. The Morgan fingerprint density at radius 1 is 1.41 bits per heavy atom. The molecule has 2 aromatic heterocycles. The minimum atomic E-state index is -0.426. The van der Waals surface area contributed by atoms with Crippen LogP contribution in [-0.4, -0.2) is 26.2 Å². The third kappa shape index (κ3) is 2.81. The molecule has 0 aliphatic carbocycles. The third-order valence-corrected chi connectivity index (χ3v) is 4.21. The quantitative estimate of drug-likeness (QED) is 0.666. The van der Waals surface area contributed by atoms with Crippen molar-refractivity contribution in [2.24, 2.45) is 4.99 Å². The maximum absolute atomic E-state index is 12.3. The molecule has 0 saturated heterocycles. The van der Waals surface area contributed by atoms with Crippen LogP contribution in [0.25, 0.3) is 5.82 Å². The number of hydrogen-bond donors (Lipinski definition) is 1. The standard InChI is InChI=1S/C15H18N4O2S/c1-15(2,3)17-13(20)9-4-5-12(16-6-9)19-14(21)10-7-22-8-11(10)18-19/h4-6,18H,7-8H2,1-3H3,(H,17,20)/p-1. The van der Waals surface area contributed by atoms with E-state index >= 15 is 0 Å². The zero-order valence-corrected chi connectivity index (χ0v) is 13.5. The van der Waals surface area contributed by atoms with Gasteiger partial charge in [0.15, 0.2) is 5.82 Å². The van der Waals surface area contributed by atoms with E-state index in [-0.39, 0.29) is 11.5 Å². The van der Waals surface area contributed by atoms with Gasteiger partial charge in [0.25, 0.3) is 5.56 Å². The van der Waals surface area contributed by atoms with Crippen molar-refractivity contribution in [1.29, 1.82) is 0 Å². The number of nitrogens with one attached hydrogen (secondary N) is 1. The molecule has 0 saturated carbocycles. The lowest BCUT2D eigenvalue weighted by atomic mass is 10.1. The van der Waals surface area contributed by atoms with Crippen molar-refractivity contribution in [1.82, 2.24) is 14.8 Å². The fourth-order valence-corrected chi connectivity index (χ4v) is 3.26. The Bertz CT molecular complexity index is 781. The maximum Gasteiger partial charge on any atom is 0.276 e. The number of pyridine rings is 1. The molecule has 22 heavy (non-hydrogen) atoms. The summed E-state index contributed by atoms with van der Waals surface area (Å²) < 4.78 is 1.43. The monoisotopic (exact) mass is 317 g/mol. The highest BCUT2D eigenvalue weighted by molar-refractivity contribution is 7.98. The average Bonchev–Trinajstić information content (AvgIpc) is 3.01. The zero-order valence-electron chi connectivity index (χ0n) is 12.7. The van der Waals surface area contributed by atoms with Crippen molar-refractivity contribution >= 4 is 17.7 Å². The SMILES string of the molecule is CC(C)(C)N=C([O-])c1ccc(-n2[nH]c3c(c2=O)CSC3)nc1. The highest BCUT2D eigenvalue weighted by atomic mass is 32.2. The summed E-state index contributed by atoms with van der Waals surface area (Å²) in [5.74, 6) is 1.73. The molecule has 1 N–H and O–H groups in total. The number of aromatic nitrogens is 3. The lowest BCUT2D eigenvalue weighted by Crippen LogP contribution is -2.25. The van der Waals surface area contributed by atoms with E-state index in [2.05, 4.69) is 15.1 Å². The van der Waals surface area contributed by atoms with Gasteiger partial charge in [0, 0.05) is 23.3 Å².